The average molecular weight is 890 g/mol. The van der Waals surface area contributed by atoms with E-state index < -0.39 is 49.5 Å². The summed E-state index contributed by atoms with van der Waals surface area (Å²) in [7, 11) is 0. The third-order valence-corrected chi connectivity index (χ3v) is 10.5. The molecule has 1 amide bonds. The van der Waals surface area contributed by atoms with Crippen molar-refractivity contribution in [2.45, 2.75) is 192 Å². The highest BCUT2D eigenvalue weighted by molar-refractivity contribution is 5.76. The molecule has 6 N–H and O–H groups in total. The fourth-order valence-electron chi connectivity index (χ4n) is 6.59. The van der Waals surface area contributed by atoms with Gasteiger partial charge in [0.2, 0.25) is 5.91 Å². The summed E-state index contributed by atoms with van der Waals surface area (Å²) in [4.78, 5) is 12.9. The van der Waals surface area contributed by atoms with Crippen LogP contribution in [0.3, 0.4) is 0 Å². The molecular formula is C55H87NO8. The van der Waals surface area contributed by atoms with Crippen molar-refractivity contribution in [1.82, 2.24) is 5.32 Å². The quantitative estimate of drug-likeness (QED) is 0.0265. The molecule has 64 heavy (non-hydrogen) atoms. The number of hydrogen-bond acceptors (Lipinski definition) is 8. The van der Waals surface area contributed by atoms with Gasteiger partial charge in [-0.05, 0) is 96.3 Å². The molecule has 9 nitrogen and oxygen atoms in total. The first-order chi connectivity index (χ1) is 31.3. The van der Waals surface area contributed by atoms with E-state index >= 15 is 0 Å². The maximum Gasteiger partial charge on any atom is 0.220 e. The zero-order valence-electron chi connectivity index (χ0n) is 39.5. The molecule has 7 atom stereocenters. The molecule has 1 heterocycles. The van der Waals surface area contributed by atoms with Crippen molar-refractivity contribution in [2.75, 3.05) is 13.2 Å². The average Bonchev–Trinajstić information content (AvgIpc) is 3.29. The van der Waals surface area contributed by atoms with Crippen LogP contribution in [0.5, 0.6) is 0 Å². The van der Waals surface area contributed by atoms with Crippen LogP contribution < -0.4 is 5.32 Å². The Balaban J connectivity index is 2.25. The lowest BCUT2D eigenvalue weighted by Crippen LogP contribution is -2.60. The highest BCUT2D eigenvalue weighted by Crippen LogP contribution is 2.22. The van der Waals surface area contributed by atoms with Gasteiger partial charge in [-0.15, -0.1) is 0 Å². The fourth-order valence-corrected chi connectivity index (χ4v) is 6.59. The highest BCUT2D eigenvalue weighted by atomic mass is 16.7. The van der Waals surface area contributed by atoms with Crippen molar-refractivity contribution in [3.05, 3.63) is 134 Å². The van der Waals surface area contributed by atoms with Crippen LogP contribution in [-0.4, -0.2) is 87.5 Å². The normalized spacial score (nSPS) is 21.3. The van der Waals surface area contributed by atoms with Gasteiger partial charge in [-0.2, -0.15) is 0 Å². The number of unbranched alkanes of at least 4 members (excludes halogenated alkanes) is 8. The molecule has 0 aromatic carbocycles. The van der Waals surface area contributed by atoms with E-state index in [4.69, 9.17) is 9.47 Å². The topological polar surface area (TPSA) is 149 Å². The van der Waals surface area contributed by atoms with Crippen molar-refractivity contribution in [3.8, 4) is 0 Å². The van der Waals surface area contributed by atoms with E-state index in [1.165, 1.54) is 25.7 Å². The monoisotopic (exact) mass is 890 g/mol. The number of nitrogens with one attached hydrogen (secondary N) is 1. The van der Waals surface area contributed by atoms with Gasteiger partial charge in [-0.3, -0.25) is 4.79 Å². The predicted molar refractivity (Wildman–Crippen MR) is 267 cm³/mol. The molecule has 0 aromatic rings. The zero-order valence-corrected chi connectivity index (χ0v) is 39.5. The Kier molecular flexibility index (Phi) is 39.4. The van der Waals surface area contributed by atoms with Gasteiger partial charge in [0.15, 0.2) is 6.29 Å². The van der Waals surface area contributed by atoms with Crippen molar-refractivity contribution in [1.29, 1.82) is 0 Å². The van der Waals surface area contributed by atoms with Gasteiger partial charge in [0.25, 0.3) is 0 Å². The molecule has 0 aliphatic carbocycles. The van der Waals surface area contributed by atoms with Crippen LogP contribution in [0.1, 0.15) is 149 Å². The maximum atomic E-state index is 12.9. The van der Waals surface area contributed by atoms with E-state index in [1.54, 1.807) is 6.08 Å². The van der Waals surface area contributed by atoms with Gasteiger partial charge in [0.1, 0.15) is 24.4 Å². The van der Waals surface area contributed by atoms with E-state index in [0.717, 1.165) is 96.3 Å². The van der Waals surface area contributed by atoms with Gasteiger partial charge in [-0.25, -0.2) is 0 Å². The van der Waals surface area contributed by atoms with Crippen molar-refractivity contribution in [3.63, 3.8) is 0 Å². The van der Waals surface area contributed by atoms with Gasteiger partial charge in [0.05, 0.1) is 25.4 Å². The minimum atomic E-state index is -1.58. The van der Waals surface area contributed by atoms with E-state index in [1.807, 2.05) is 6.08 Å². The van der Waals surface area contributed by atoms with E-state index in [-0.39, 0.29) is 18.9 Å². The van der Waals surface area contributed by atoms with Crippen molar-refractivity contribution in [2.24, 2.45) is 0 Å². The summed E-state index contributed by atoms with van der Waals surface area (Å²) in [6.45, 7) is 3.55. The second-order valence-corrected chi connectivity index (χ2v) is 16.2. The van der Waals surface area contributed by atoms with Crippen LogP contribution in [0.4, 0.5) is 0 Å². The van der Waals surface area contributed by atoms with Crippen LogP contribution in [-0.2, 0) is 14.3 Å². The number of aliphatic hydroxyl groups is 5. The second-order valence-electron chi connectivity index (χ2n) is 16.2. The maximum absolute atomic E-state index is 12.9. The number of aliphatic hydroxyl groups excluding tert-OH is 5. The number of ether oxygens (including phenoxy) is 2. The minimum Gasteiger partial charge on any atom is -0.394 e. The predicted octanol–water partition coefficient (Wildman–Crippen LogP) is 11.0. The van der Waals surface area contributed by atoms with Crippen LogP contribution >= 0.6 is 0 Å². The third-order valence-electron chi connectivity index (χ3n) is 10.5. The fraction of sp³-hybridized carbons (Fsp3) is 0.582. The summed E-state index contributed by atoms with van der Waals surface area (Å²) in [5.74, 6) is -0.230. The number of rotatable bonds is 38. The van der Waals surface area contributed by atoms with Crippen LogP contribution in [0.2, 0.25) is 0 Å². The molecule has 0 bridgehead atoms. The molecule has 1 saturated heterocycles. The SMILES string of the molecule is CC/C=C\C/C=C\C/C=C\C/C=C\C/C=C\C/C=C\C/C=C\C/C=C\C/C=C\C/C=C\CCCCC(=O)NC(COC1OC(CO)C(O)C(O)C1O)C(O)/C=C/CCCCCCCC. The first-order valence-electron chi connectivity index (χ1n) is 24.4. The van der Waals surface area contributed by atoms with E-state index in [9.17, 15) is 30.3 Å². The summed E-state index contributed by atoms with van der Waals surface area (Å²) in [6.07, 6.45) is 59.5. The number of carbonyl (C=O) groups is 1. The molecule has 360 valence electrons. The summed E-state index contributed by atoms with van der Waals surface area (Å²) in [5.41, 5.74) is 0. The van der Waals surface area contributed by atoms with Crippen LogP contribution in [0.25, 0.3) is 0 Å². The largest absolute Gasteiger partial charge is 0.394 e. The lowest BCUT2D eigenvalue weighted by Gasteiger charge is -2.40. The lowest BCUT2D eigenvalue weighted by atomic mass is 9.99. The van der Waals surface area contributed by atoms with E-state index in [0.29, 0.717) is 6.42 Å². The van der Waals surface area contributed by atoms with Gasteiger partial charge in [0, 0.05) is 6.42 Å². The molecule has 1 rings (SSSR count). The number of amides is 1. The van der Waals surface area contributed by atoms with Crippen LogP contribution in [0, 0.1) is 0 Å². The summed E-state index contributed by atoms with van der Waals surface area (Å²) >= 11 is 0. The van der Waals surface area contributed by atoms with Crippen LogP contribution in [0.15, 0.2) is 134 Å². The summed E-state index contributed by atoms with van der Waals surface area (Å²) in [6, 6.07) is -0.835. The number of hydrogen-bond donors (Lipinski definition) is 6. The smallest absolute Gasteiger partial charge is 0.220 e. The Morgan fingerprint density at radius 2 is 0.969 bits per heavy atom. The molecule has 7 unspecified atom stereocenters. The van der Waals surface area contributed by atoms with Gasteiger partial charge in [-0.1, -0.05) is 180 Å². The van der Waals surface area contributed by atoms with Crippen molar-refractivity contribution >= 4 is 5.91 Å². The second kappa shape index (κ2) is 43.2. The molecular weight excluding hydrogens is 803 g/mol. The Morgan fingerprint density at radius 1 is 0.547 bits per heavy atom. The number of carbonyl (C=O) groups excluding carboxylic acids is 1. The first-order valence-corrected chi connectivity index (χ1v) is 24.4. The first kappa shape index (κ1) is 58.3. The molecule has 0 spiro atoms. The molecule has 1 aliphatic heterocycles. The van der Waals surface area contributed by atoms with E-state index in [2.05, 4.69) is 141 Å². The zero-order chi connectivity index (χ0) is 46.6. The summed E-state index contributed by atoms with van der Waals surface area (Å²) in [5, 5.41) is 53.9. The highest BCUT2D eigenvalue weighted by Gasteiger charge is 2.44. The third kappa shape index (κ3) is 32.9. The Hall–Kier alpha value is -3.67. The number of allylic oxidation sites excluding steroid dienone is 21. The molecule has 0 saturated carbocycles. The van der Waals surface area contributed by atoms with Crippen molar-refractivity contribution < 1.29 is 39.8 Å². The molecule has 0 aromatic heterocycles. The molecule has 1 aliphatic rings. The molecule has 9 heteroatoms. The van der Waals surface area contributed by atoms with Gasteiger partial charge < -0.3 is 40.3 Å². The Bertz CT molecular complexity index is 1450. The minimum absolute atomic E-state index is 0.216. The Morgan fingerprint density at radius 3 is 1.44 bits per heavy atom. The lowest BCUT2D eigenvalue weighted by molar-refractivity contribution is -0.302. The summed E-state index contributed by atoms with van der Waals surface area (Å²) < 4.78 is 11.1. The molecule has 0 radical (unpaired) electrons. The van der Waals surface area contributed by atoms with Gasteiger partial charge >= 0.3 is 0 Å². The molecule has 1 fully saturated rings. The Labute approximate surface area is 388 Å². The standard InChI is InChI=1S/C55H87NO8/c1-3-5-7-9-11-13-14-15-16-17-18-19-20-21-22-23-24-25-26-27-28-29-30-31-32-33-34-35-36-37-39-41-43-45-51(59)56-48(49(58)44-42-40-38-12-10-8-6-4-2)47-63-55-54(62)53(61)52(60)50(46-57)64-55/h5,7,11,13,15-16,18-19,21-22,24-25,27-28,30-31,33-34,36-37,42,44,48-50,52-55,57-58,60-62H,3-4,6,8-10,12,14,17,20,23,26,29,32,35,38-41,43,45-47H2,1-2H3,(H,56,59)/b7-5-,13-11-,16-15-,19-18-,22-21-,25-24-,28-27-,31-30-,34-33-,37-36-,44-42+.